The van der Waals surface area contributed by atoms with Crippen molar-refractivity contribution in [1.29, 1.82) is 0 Å². The van der Waals surface area contributed by atoms with Crippen molar-refractivity contribution in [1.82, 2.24) is 0 Å². The van der Waals surface area contributed by atoms with E-state index in [9.17, 15) is 0 Å². The van der Waals surface area contributed by atoms with E-state index in [2.05, 4.69) is 136 Å². The molecule has 0 N–H and O–H groups in total. The minimum Gasteiger partial charge on any atom is -0.400 e. The smallest absolute Gasteiger partial charge is 0.261 e. The van der Waals surface area contributed by atoms with Crippen molar-refractivity contribution >= 4 is 18.7 Å². The summed E-state index contributed by atoms with van der Waals surface area (Å²) in [5.74, 6) is 0.314. The lowest BCUT2D eigenvalue weighted by Crippen LogP contribution is -2.67. The number of benzene rings is 3. The van der Waals surface area contributed by atoms with E-state index in [4.69, 9.17) is 4.43 Å². The lowest BCUT2D eigenvalue weighted by atomic mass is 9.90. The van der Waals surface area contributed by atoms with Crippen molar-refractivity contribution in [2.45, 2.75) is 38.3 Å². The quantitative estimate of drug-likeness (QED) is 0.414. The molecule has 0 aliphatic heterocycles. The van der Waals surface area contributed by atoms with Gasteiger partial charge in [0.05, 0.1) is 6.10 Å². The highest BCUT2D eigenvalue weighted by atomic mass is 28.4. The second-order valence-corrected chi connectivity index (χ2v) is 13.6. The van der Waals surface area contributed by atoms with Crippen LogP contribution in [0.3, 0.4) is 0 Å². The van der Waals surface area contributed by atoms with Crippen molar-refractivity contribution in [3.05, 3.63) is 121 Å². The molecule has 3 aromatic carbocycles. The zero-order valence-electron chi connectivity index (χ0n) is 18.7. The third-order valence-corrected chi connectivity index (χ3v) is 11.3. The molecule has 0 fully saturated rings. The van der Waals surface area contributed by atoms with E-state index < -0.39 is 8.32 Å². The Kier molecular flexibility index (Phi) is 6.40. The largest absolute Gasteiger partial charge is 0.400 e. The summed E-state index contributed by atoms with van der Waals surface area (Å²) in [7, 11) is -2.64. The van der Waals surface area contributed by atoms with E-state index in [0.29, 0.717) is 5.92 Å². The first-order valence-electron chi connectivity index (χ1n) is 11.2. The molecule has 0 radical (unpaired) electrons. The molecule has 4 rings (SSSR count). The Morgan fingerprint density at radius 1 is 0.742 bits per heavy atom. The van der Waals surface area contributed by atoms with Gasteiger partial charge in [0, 0.05) is 5.92 Å². The third kappa shape index (κ3) is 4.37. The molecule has 0 spiro atoms. The monoisotopic (exact) mass is 424 g/mol. The molecule has 0 heterocycles. The Balaban J connectivity index is 1.92. The Labute approximate surface area is 188 Å². The van der Waals surface area contributed by atoms with Gasteiger partial charge in [-0.2, -0.15) is 0 Å². The van der Waals surface area contributed by atoms with Crippen LogP contribution in [0.5, 0.6) is 0 Å². The number of hydrogen-bond donors (Lipinski definition) is 0. The van der Waals surface area contributed by atoms with Crippen LogP contribution in [0.4, 0.5) is 0 Å². The molecule has 3 aromatic rings. The van der Waals surface area contributed by atoms with Gasteiger partial charge in [-0.3, -0.25) is 0 Å². The van der Waals surface area contributed by atoms with Gasteiger partial charge in [-0.25, -0.2) is 0 Å². The highest BCUT2D eigenvalue weighted by Gasteiger charge is 2.52. The second-order valence-electron chi connectivity index (χ2n) is 9.32. The summed E-state index contributed by atoms with van der Waals surface area (Å²) in [5.41, 5.74) is 1.25. The second kappa shape index (κ2) is 9.21. The maximum Gasteiger partial charge on any atom is 0.261 e. The predicted octanol–water partition coefficient (Wildman–Crippen LogP) is 6.44. The first kappa shape index (κ1) is 21.5. The van der Waals surface area contributed by atoms with Crippen LogP contribution < -0.4 is 10.4 Å². The molecular formula is C29H32OSi. The molecule has 31 heavy (non-hydrogen) atoms. The van der Waals surface area contributed by atoms with Gasteiger partial charge < -0.3 is 4.43 Å². The molecule has 0 saturated heterocycles. The van der Waals surface area contributed by atoms with Crippen molar-refractivity contribution in [2.24, 2.45) is 5.92 Å². The molecular weight excluding hydrogens is 392 g/mol. The average molecular weight is 425 g/mol. The molecule has 1 nitrogen and oxygen atoms in total. The summed E-state index contributed by atoms with van der Waals surface area (Å²) < 4.78 is 7.55. The maximum atomic E-state index is 7.55. The number of hydrogen-bond acceptors (Lipinski definition) is 1. The molecule has 0 bridgehead atoms. The molecule has 2 atom stereocenters. The highest BCUT2D eigenvalue weighted by molar-refractivity contribution is 6.99. The Morgan fingerprint density at radius 3 is 1.71 bits per heavy atom. The Bertz CT molecular complexity index is 977. The van der Waals surface area contributed by atoms with Crippen LogP contribution in [0.25, 0.3) is 0 Å². The normalized spacial score (nSPS) is 17.5. The van der Waals surface area contributed by atoms with E-state index in [-0.39, 0.29) is 11.1 Å². The minimum atomic E-state index is -2.64. The first-order valence-corrected chi connectivity index (χ1v) is 13.1. The van der Waals surface area contributed by atoms with Gasteiger partial charge in [0.15, 0.2) is 0 Å². The molecule has 2 heteroatoms. The van der Waals surface area contributed by atoms with E-state index in [1.54, 1.807) is 0 Å². The molecule has 0 aromatic heterocycles. The van der Waals surface area contributed by atoms with Gasteiger partial charge in [0.25, 0.3) is 8.32 Å². The molecule has 0 unspecified atom stereocenters. The standard InChI is InChI=1S/C29H32OSi/c1-29(2,3)31(26-20-12-6-13-21-26,27-22-14-7-15-23-27)30-28(24-16-8-4-9-17-24)25-18-10-5-11-19-25/h4-18,20-23,25,28H,19H2,1-3H3/t25-,28+/m1/s1. The maximum absolute atomic E-state index is 7.55. The summed E-state index contributed by atoms with van der Waals surface area (Å²) in [5, 5.41) is 2.60. The molecule has 1 aliphatic rings. The summed E-state index contributed by atoms with van der Waals surface area (Å²) in [6.45, 7) is 7.04. The van der Waals surface area contributed by atoms with Crippen LogP contribution in [0.2, 0.25) is 5.04 Å². The van der Waals surface area contributed by atoms with Gasteiger partial charge in [-0.1, -0.05) is 136 Å². The lowest BCUT2D eigenvalue weighted by Gasteiger charge is -2.46. The summed E-state index contributed by atoms with van der Waals surface area (Å²) >= 11 is 0. The lowest BCUT2D eigenvalue weighted by molar-refractivity contribution is 0.146. The van der Waals surface area contributed by atoms with Crippen LogP contribution in [0.1, 0.15) is 38.9 Å². The van der Waals surface area contributed by atoms with Gasteiger partial charge in [0.1, 0.15) is 0 Å². The van der Waals surface area contributed by atoms with Crippen LogP contribution in [0, 0.1) is 5.92 Å². The van der Waals surface area contributed by atoms with Gasteiger partial charge in [-0.05, 0) is 27.4 Å². The van der Waals surface area contributed by atoms with Gasteiger partial charge >= 0.3 is 0 Å². The van der Waals surface area contributed by atoms with Crippen LogP contribution in [0.15, 0.2) is 115 Å². The zero-order chi connectivity index (χ0) is 21.7. The third-order valence-electron chi connectivity index (χ3n) is 6.25. The van der Waals surface area contributed by atoms with Crippen molar-refractivity contribution in [2.75, 3.05) is 0 Å². The summed E-state index contributed by atoms with van der Waals surface area (Å²) in [4.78, 5) is 0. The fourth-order valence-corrected chi connectivity index (χ4v) is 9.46. The van der Waals surface area contributed by atoms with Crippen LogP contribution in [-0.2, 0) is 4.43 Å². The van der Waals surface area contributed by atoms with Crippen molar-refractivity contribution in [3.63, 3.8) is 0 Å². The fourth-order valence-electron chi connectivity index (χ4n) is 4.75. The SMILES string of the molecule is CC(C)(C)[Si](O[C@@H](c1ccccc1)[C@@H]1C=CC=CC1)(c1ccccc1)c1ccccc1. The molecule has 0 saturated carbocycles. The predicted molar refractivity (Wildman–Crippen MR) is 134 cm³/mol. The Hall–Kier alpha value is -2.68. The molecule has 1 aliphatic carbocycles. The van der Waals surface area contributed by atoms with Gasteiger partial charge in [0.2, 0.25) is 0 Å². The van der Waals surface area contributed by atoms with E-state index in [1.807, 2.05) is 0 Å². The highest BCUT2D eigenvalue weighted by Crippen LogP contribution is 2.43. The van der Waals surface area contributed by atoms with Crippen molar-refractivity contribution < 1.29 is 4.43 Å². The number of allylic oxidation sites excluding steroid dienone is 3. The molecule has 0 amide bonds. The topological polar surface area (TPSA) is 9.23 Å². The fraction of sp³-hybridized carbons (Fsp3) is 0.241. The average Bonchev–Trinajstić information content (AvgIpc) is 2.81. The van der Waals surface area contributed by atoms with E-state index in [1.165, 1.54) is 15.9 Å². The number of rotatable bonds is 6. The minimum absolute atomic E-state index is 0.00583. The zero-order valence-corrected chi connectivity index (χ0v) is 19.7. The summed E-state index contributed by atoms with van der Waals surface area (Å²) in [6, 6.07) is 32.6. The van der Waals surface area contributed by atoms with Crippen LogP contribution in [-0.4, -0.2) is 8.32 Å². The summed E-state index contributed by atoms with van der Waals surface area (Å²) in [6.07, 6.45) is 9.87. The van der Waals surface area contributed by atoms with Crippen molar-refractivity contribution in [3.8, 4) is 0 Å². The van der Waals surface area contributed by atoms with E-state index in [0.717, 1.165) is 6.42 Å². The first-order chi connectivity index (χ1) is 15.0. The van der Waals surface area contributed by atoms with E-state index >= 15 is 0 Å². The molecule has 158 valence electrons. The van der Waals surface area contributed by atoms with Gasteiger partial charge in [-0.15, -0.1) is 0 Å². The van der Waals surface area contributed by atoms with Crippen LogP contribution >= 0.6 is 0 Å². The Morgan fingerprint density at radius 2 is 1.26 bits per heavy atom.